The van der Waals surface area contributed by atoms with E-state index in [1.54, 1.807) is 6.07 Å². The first-order valence-corrected chi connectivity index (χ1v) is 5.81. The summed E-state index contributed by atoms with van der Waals surface area (Å²) in [5, 5.41) is 3.28. The Morgan fingerprint density at radius 3 is 2.69 bits per heavy atom. The molecule has 2 rings (SSSR count). The van der Waals surface area contributed by atoms with Gasteiger partial charge in [-0.25, -0.2) is 8.78 Å². The lowest BCUT2D eigenvalue weighted by atomic mass is 10.1. The summed E-state index contributed by atoms with van der Waals surface area (Å²) in [7, 11) is 0. The van der Waals surface area contributed by atoms with Crippen molar-refractivity contribution in [3.05, 3.63) is 35.4 Å². The summed E-state index contributed by atoms with van der Waals surface area (Å²) in [6, 6.07) is 4.05. The van der Waals surface area contributed by atoms with Crippen molar-refractivity contribution in [3.63, 3.8) is 0 Å². The molecule has 1 aliphatic carbocycles. The second-order valence-electron chi connectivity index (χ2n) is 4.69. The minimum atomic E-state index is -0.782. The van der Waals surface area contributed by atoms with Crippen LogP contribution >= 0.6 is 0 Å². The first kappa shape index (κ1) is 11.5. The standard InChI is InChI=1S/C13H17F2N/c1-9(11-3-4-11)7-16-8-10-2-5-12(14)13(15)6-10/h2,5-6,9,11,16H,3-4,7-8H2,1H3. The van der Waals surface area contributed by atoms with Gasteiger partial charge in [-0.2, -0.15) is 0 Å². The fraction of sp³-hybridized carbons (Fsp3) is 0.538. The van der Waals surface area contributed by atoms with E-state index in [0.29, 0.717) is 12.5 Å². The first-order chi connectivity index (χ1) is 7.66. The molecule has 0 aromatic heterocycles. The van der Waals surface area contributed by atoms with Gasteiger partial charge in [-0.3, -0.25) is 0 Å². The van der Waals surface area contributed by atoms with Crippen molar-refractivity contribution in [2.45, 2.75) is 26.3 Å². The van der Waals surface area contributed by atoms with Crippen LogP contribution in [0.25, 0.3) is 0 Å². The van der Waals surface area contributed by atoms with Crippen LogP contribution in [-0.4, -0.2) is 6.54 Å². The molecule has 1 atom stereocenters. The highest BCUT2D eigenvalue weighted by molar-refractivity contribution is 5.17. The monoisotopic (exact) mass is 225 g/mol. The van der Waals surface area contributed by atoms with Crippen molar-refractivity contribution < 1.29 is 8.78 Å². The largest absolute Gasteiger partial charge is 0.312 e. The van der Waals surface area contributed by atoms with Crippen LogP contribution in [0.5, 0.6) is 0 Å². The highest BCUT2D eigenvalue weighted by Gasteiger charge is 2.27. The van der Waals surface area contributed by atoms with Crippen molar-refractivity contribution in [2.75, 3.05) is 6.54 Å². The number of nitrogens with one attached hydrogen (secondary N) is 1. The molecule has 88 valence electrons. The molecule has 0 radical (unpaired) electrons. The van der Waals surface area contributed by atoms with Crippen LogP contribution in [0.1, 0.15) is 25.3 Å². The summed E-state index contributed by atoms with van der Waals surface area (Å²) in [4.78, 5) is 0. The van der Waals surface area contributed by atoms with Crippen molar-refractivity contribution >= 4 is 0 Å². The molecular formula is C13H17F2N. The molecule has 1 fully saturated rings. The van der Waals surface area contributed by atoms with Gasteiger partial charge in [0.15, 0.2) is 11.6 Å². The summed E-state index contributed by atoms with van der Waals surface area (Å²) in [6.45, 7) is 3.79. The first-order valence-electron chi connectivity index (χ1n) is 5.81. The van der Waals surface area contributed by atoms with Gasteiger partial charge in [0, 0.05) is 6.54 Å². The number of hydrogen-bond donors (Lipinski definition) is 1. The number of rotatable bonds is 5. The molecule has 0 amide bonds. The summed E-state index contributed by atoms with van der Waals surface area (Å²) in [5.74, 6) is 0.00684. The van der Waals surface area contributed by atoms with Gasteiger partial charge >= 0.3 is 0 Å². The molecule has 0 spiro atoms. The Kier molecular flexibility index (Phi) is 3.54. The topological polar surface area (TPSA) is 12.0 Å². The predicted molar refractivity (Wildman–Crippen MR) is 60.0 cm³/mol. The van der Waals surface area contributed by atoms with E-state index in [2.05, 4.69) is 12.2 Å². The maximum absolute atomic E-state index is 12.9. The van der Waals surface area contributed by atoms with Crippen LogP contribution in [0.3, 0.4) is 0 Å². The van der Waals surface area contributed by atoms with Crippen LogP contribution in [0.15, 0.2) is 18.2 Å². The number of benzene rings is 1. The Hall–Kier alpha value is -0.960. The normalized spacial score (nSPS) is 17.4. The minimum absolute atomic E-state index is 0.605. The SMILES string of the molecule is CC(CNCc1ccc(F)c(F)c1)C1CC1. The third-order valence-electron chi connectivity index (χ3n) is 3.21. The highest BCUT2D eigenvalue weighted by Crippen LogP contribution is 2.36. The van der Waals surface area contributed by atoms with Gasteiger partial charge in [-0.05, 0) is 48.9 Å². The second-order valence-corrected chi connectivity index (χ2v) is 4.69. The molecule has 0 heterocycles. The zero-order chi connectivity index (χ0) is 11.5. The fourth-order valence-corrected chi connectivity index (χ4v) is 1.93. The molecule has 1 nitrogen and oxygen atoms in total. The van der Waals surface area contributed by atoms with Gasteiger partial charge < -0.3 is 5.32 Å². The Labute approximate surface area is 94.9 Å². The Morgan fingerprint density at radius 2 is 2.06 bits per heavy atom. The molecule has 1 aromatic carbocycles. The van der Waals surface area contributed by atoms with Crippen LogP contribution in [0.4, 0.5) is 8.78 Å². The third kappa shape index (κ3) is 3.01. The van der Waals surface area contributed by atoms with E-state index < -0.39 is 11.6 Å². The summed E-state index contributed by atoms with van der Waals surface area (Å²) in [6.07, 6.45) is 2.68. The Bertz CT molecular complexity index is 361. The van der Waals surface area contributed by atoms with Crippen LogP contribution in [-0.2, 0) is 6.54 Å². The molecule has 3 heteroatoms. The summed E-state index contributed by atoms with van der Waals surface area (Å²) < 4.78 is 25.6. The fourth-order valence-electron chi connectivity index (χ4n) is 1.93. The third-order valence-corrected chi connectivity index (χ3v) is 3.21. The van der Waals surface area contributed by atoms with Gasteiger partial charge in [0.1, 0.15) is 0 Å². The number of hydrogen-bond acceptors (Lipinski definition) is 1. The molecule has 0 aliphatic heterocycles. The van der Waals surface area contributed by atoms with Crippen LogP contribution in [0.2, 0.25) is 0 Å². The van der Waals surface area contributed by atoms with Crippen LogP contribution in [0, 0.1) is 23.5 Å². The lowest BCUT2D eigenvalue weighted by Gasteiger charge is -2.11. The van der Waals surface area contributed by atoms with E-state index in [4.69, 9.17) is 0 Å². The lowest BCUT2D eigenvalue weighted by Crippen LogP contribution is -2.21. The van der Waals surface area contributed by atoms with E-state index in [1.807, 2.05) is 0 Å². The van der Waals surface area contributed by atoms with E-state index >= 15 is 0 Å². The Morgan fingerprint density at radius 1 is 1.31 bits per heavy atom. The average Bonchev–Trinajstić information content (AvgIpc) is 3.07. The molecule has 0 bridgehead atoms. The number of halogens is 2. The maximum Gasteiger partial charge on any atom is 0.159 e. The van der Waals surface area contributed by atoms with Gasteiger partial charge in [-0.15, -0.1) is 0 Å². The molecule has 1 unspecified atom stereocenters. The summed E-state index contributed by atoms with van der Waals surface area (Å²) >= 11 is 0. The lowest BCUT2D eigenvalue weighted by molar-refractivity contribution is 0.460. The highest BCUT2D eigenvalue weighted by atomic mass is 19.2. The molecular weight excluding hydrogens is 208 g/mol. The quantitative estimate of drug-likeness (QED) is 0.812. The molecule has 16 heavy (non-hydrogen) atoms. The van der Waals surface area contributed by atoms with Crippen molar-refractivity contribution in [1.29, 1.82) is 0 Å². The maximum atomic E-state index is 12.9. The zero-order valence-electron chi connectivity index (χ0n) is 9.47. The molecule has 1 N–H and O–H groups in total. The van der Waals surface area contributed by atoms with E-state index in [9.17, 15) is 8.78 Å². The second kappa shape index (κ2) is 4.91. The van der Waals surface area contributed by atoms with Crippen molar-refractivity contribution in [2.24, 2.45) is 11.8 Å². The smallest absolute Gasteiger partial charge is 0.159 e. The zero-order valence-corrected chi connectivity index (χ0v) is 9.47. The van der Waals surface area contributed by atoms with Crippen LogP contribution < -0.4 is 5.32 Å². The minimum Gasteiger partial charge on any atom is -0.312 e. The van der Waals surface area contributed by atoms with E-state index in [0.717, 1.165) is 18.0 Å². The predicted octanol–water partition coefficient (Wildman–Crippen LogP) is 3.10. The van der Waals surface area contributed by atoms with Gasteiger partial charge in [-0.1, -0.05) is 13.0 Å². The molecule has 0 saturated heterocycles. The van der Waals surface area contributed by atoms with Gasteiger partial charge in [0.05, 0.1) is 0 Å². The van der Waals surface area contributed by atoms with E-state index in [1.165, 1.54) is 25.0 Å². The molecule has 1 aromatic rings. The van der Waals surface area contributed by atoms with Crippen molar-refractivity contribution in [1.82, 2.24) is 5.32 Å². The van der Waals surface area contributed by atoms with E-state index in [-0.39, 0.29) is 0 Å². The van der Waals surface area contributed by atoms with Gasteiger partial charge in [0.25, 0.3) is 0 Å². The summed E-state index contributed by atoms with van der Waals surface area (Å²) in [5.41, 5.74) is 0.793. The molecule has 1 saturated carbocycles. The van der Waals surface area contributed by atoms with Crippen molar-refractivity contribution in [3.8, 4) is 0 Å². The average molecular weight is 225 g/mol. The Balaban J connectivity index is 1.78. The molecule has 1 aliphatic rings. The van der Waals surface area contributed by atoms with Gasteiger partial charge in [0.2, 0.25) is 0 Å².